The van der Waals surface area contributed by atoms with Crippen LogP contribution in [0.5, 0.6) is 0 Å². The molecule has 0 spiro atoms. The van der Waals surface area contributed by atoms with E-state index < -0.39 is 5.76 Å². The molecule has 26 heavy (non-hydrogen) atoms. The zero-order chi connectivity index (χ0) is 18.1. The van der Waals surface area contributed by atoms with Crippen molar-refractivity contribution in [3.8, 4) is 0 Å². The standard InChI is InChI=1S/C21H22N2O3/c1-2-11-23(17-9-7-14-5-3-4-6-15(14)12-17)20(24)16-8-10-19-18(13-16)22-21(25)26-19/h3-6,8,10,13,17H,2,7,9,11-12H2,1H3,(H,22,25). The third-order valence-electron chi connectivity index (χ3n) is 5.15. The van der Waals surface area contributed by atoms with Gasteiger partial charge < -0.3 is 9.32 Å². The van der Waals surface area contributed by atoms with E-state index in [-0.39, 0.29) is 11.9 Å². The number of nitrogens with zero attached hydrogens (tertiary/aromatic N) is 1. The van der Waals surface area contributed by atoms with E-state index in [1.807, 2.05) is 4.90 Å². The number of aromatic amines is 1. The molecule has 134 valence electrons. The fourth-order valence-electron chi connectivity index (χ4n) is 3.89. The Kier molecular flexibility index (Phi) is 4.37. The number of hydrogen-bond donors (Lipinski definition) is 1. The molecule has 0 radical (unpaired) electrons. The molecule has 1 amide bonds. The average molecular weight is 350 g/mol. The van der Waals surface area contributed by atoms with Crippen LogP contribution in [-0.4, -0.2) is 28.4 Å². The third-order valence-corrected chi connectivity index (χ3v) is 5.15. The maximum Gasteiger partial charge on any atom is 0.417 e. The van der Waals surface area contributed by atoms with Gasteiger partial charge in [0.25, 0.3) is 5.91 Å². The van der Waals surface area contributed by atoms with E-state index >= 15 is 0 Å². The predicted octanol–water partition coefficient (Wildman–Crippen LogP) is 3.53. The van der Waals surface area contributed by atoms with Gasteiger partial charge in [-0.25, -0.2) is 4.79 Å². The number of hydrogen-bond acceptors (Lipinski definition) is 3. The number of amides is 1. The van der Waals surface area contributed by atoms with Crippen LogP contribution >= 0.6 is 0 Å². The van der Waals surface area contributed by atoms with Crippen LogP contribution in [0.1, 0.15) is 41.3 Å². The van der Waals surface area contributed by atoms with E-state index in [0.29, 0.717) is 16.7 Å². The molecular formula is C21H22N2O3. The monoisotopic (exact) mass is 350 g/mol. The van der Waals surface area contributed by atoms with Gasteiger partial charge in [-0.05, 0) is 55.0 Å². The van der Waals surface area contributed by atoms with Crippen LogP contribution in [-0.2, 0) is 12.8 Å². The SMILES string of the molecule is CCCN(C(=O)c1ccc2oc(=O)[nH]c2c1)C1CCc2ccccc2C1. The summed E-state index contributed by atoms with van der Waals surface area (Å²) in [6, 6.07) is 13.8. The van der Waals surface area contributed by atoms with Gasteiger partial charge in [0.2, 0.25) is 0 Å². The molecule has 0 saturated carbocycles. The highest BCUT2D eigenvalue weighted by atomic mass is 16.4. The van der Waals surface area contributed by atoms with Crippen molar-refractivity contribution >= 4 is 17.0 Å². The summed E-state index contributed by atoms with van der Waals surface area (Å²) in [4.78, 5) is 29.2. The fraction of sp³-hybridized carbons (Fsp3) is 0.333. The van der Waals surface area contributed by atoms with E-state index in [1.54, 1.807) is 18.2 Å². The molecule has 1 heterocycles. The van der Waals surface area contributed by atoms with Gasteiger partial charge in [0.1, 0.15) is 0 Å². The van der Waals surface area contributed by atoms with E-state index in [4.69, 9.17) is 4.42 Å². The van der Waals surface area contributed by atoms with E-state index in [9.17, 15) is 9.59 Å². The average Bonchev–Trinajstić information content (AvgIpc) is 3.04. The normalized spacial score (nSPS) is 16.4. The molecule has 0 saturated heterocycles. The Bertz CT molecular complexity index is 1000. The molecule has 5 heteroatoms. The summed E-state index contributed by atoms with van der Waals surface area (Å²) in [7, 11) is 0. The Hall–Kier alpha value is -2.82. The minimum absolute atomic E-state index is 0.0141. The molecule has 0 fully saturated rings. The van der Waals surface area contributed by atoms with Crippen molar-refractivity contribution in [2.24, 2.45) is 0 Å². The lowest BCUT2D eigenvalue weighted by Crippen LogP contribution is -2.43. The highest BCUT2D eigenvalue weighted by molar-refractivity contribution is 5.97. The molecule has 5 nitrogen and oxygen atoms in total. The molecule has 2 aromatic carbocycles. The third kappa shape index (κ3) is 3.05. The van der Waals surface area contributed by atoms with Gasteiger partial charge in [-0.2, -0.15) is 0 Å². The summed E-state index contributed by atoms with van der Waals surface area (Å²) >= 11 is 0. The number of carbonyl (C=O) groups is 1. The highest BCUT2D eigenvalue weighted by Gasteiger charge is 2.28. The summed E-state index contributed by atoms with van der Waals surface area (Å²) in [5.41, 5.74) is 4.35. The lowest BCUT2D eigenvalue weighted by molar-refractivity contribution is 0.0662. The number of oxazole rings is 1. The molecule has 1 unspecified atom stereocenters. The van der Waals surface area contributed by atoms with Crippen LogP contribution in [0.3, 0.4) is 0 Å². The van der Waals surface area contributed by atoms with Crippen molar-refractivity contribution in [1.29, 1.82) is 0 Å². The summed E-state index contributed by atoms with van der Waals surface area (Å²) in [5.74, 6) is -0.487. The first-order valence-corrected chi connectivity index (χ1v) is 9.16. The Balaban J connectivity index is 1.62. The second kappa shape index (κ2) is 6.83. The second-order valence-corrected chi connectivity index (χ2v) is 6.89. The van der Waals surface area contributed by atoms with Crippen molar-refractivity contribution in [3.05, 3.63) is 69.7 Å². The summed E-state index contributed by atoms with van der Waals surface area (Å²) in [5, 5.41) is 0. The van der Waals surface area contributed by atoms with Gasteiger partial charge in [-0.15, -0.1) is 0 Å². The van der Waals surface area contributed by atoms with Crippen molar-refractivity contribution in [1.82, 2.24) is 9.88 Å². The van der Waals surface area contributed by atoms with Crippen LogP contribution in [0, 0.1) is 0 Å². The van der Waals surface area contributed by atoms with Crippen molar-refractivity contribution < 1.29 is 9.21 Å². The molecule has 3 aromatic rings. The Morgan fingerprint density at radius 3 is 2.85 bits per heavy atom. The first kappa shape index (κ1) is 16.6. The van der Waals surface area contributed by atoms with Gasteiger partial charge in [0.15, 0.2) is 5.58 Å². The molecule has 4 rings (SSSR count). The van der Waals surface area contributed by atoms with Gasteiger partial charge in [-0.1, -0.05) is 31.2 Å². The lowest BCUT2D eigenvalue weighted by atomic mass is 9.87. The summed E-state index contributed by atoms with van der Waals surface area (Å²) in [6.07, 6.45) is 3.79. The molecule has 0 bridgehead atoms. The number of H-pyrrole nitrogens is 1. The minimum atomic E-state index is -0.501. The van der Waals surface area contributed by atoms with E-state index in [0.717, 1.165) is 32.2 Å². The van der Waals surface area contributed by atoms with E-state index in [2.05, 4.69) is 36.2 Å². The maximum absolute atomic E-state index is 13.2. The van der Waals surface area contributed by atoms with Crippen LogP contribution in [0.4, 0.5) is 0 Å². The quantitative estimate of drug-likeness (QED) is 0.783. The number of aryl methyl sites for hydroxylation is 1. The Labute approximate surface area is 151 Å². The van der Waals surface area contributed by atoms with Gasteiger partial charge in [0.05, 0.1) is 5.52 Å². The molecule has 1 aliphatic carbocycles. The number of benzene rings is 2. The molecule has 0 aliphatic heterocycles. The second-order valence-electron chi connectivity index (χ2n) is 6.89. The molecule has 1 atom stereocenters. The lowest BCUT2D eigenvalue weighted by Gasteiger charge is -2.35. The number of fused-ring (bicyclic) bond motifs is 2. The highest BCUT2D eigenvalue weighted by Crippen LogP contribution is 2.26. The number of nitrogens with one attached hydrogen (secondary N) is 1. The Morgan fingerprint density at radius 2 is 2.04 bits per heavy atom. The smallest absolute Gasteiger partial charge is 0.408 e. The van der Waals surface area contributed by atoms with Gasteiger partial charge >= 0.3 is 5.76 Å². The topological polar surface area (TPSA) is 66.3 Å². The molecule has 1 aliphatic rings. The number of rotatable bonds is 4. The summed E-state index contributed by atoms with van der Waals surface area (Å²) < 4.78 is 5.03. The number of aromatic nitrogens is 1. The van der Waals surface area contributed by atoms with Gasteiger partial charge in [0, 0.05) is 18.2 Å². The van der Waals surface area contributed by atoms with Crippen LogP contribution < -0.4 is 5.76 Å². The molecule has 1 N–H and O–H groups in total. The zero-order valence-corrected chi connectivity index (χ0v) is 14.8. The maximum atomic E-state index is 13.2. The minimum Gasteiger partial charge on any atom is -0.408 e. The zero-order valence-electron chi connectivity index (χ0n) is 14.8. The largest absolute Gasteiger partial charge is 0.417 e. The van der Waals surface area contributed by atoms with Crippen LogP contribution in [0.2, 0.25) is 0 Å². The molecule has 1 aromatic heterocycles. The van der Waals surface area contributed by atoms with Crippen LogP contribution in [0.25, 0.3) is 11.1 Å². The first-order valence-electron chi connectivity index (χ1n) is 9.16. The van der Waals surface area contributed by atoms with E-state index in [1.165, 1.54) is 11.1 Å². The van der Waals surface area contributed by atoms with Crippen molar-refractivity contribution in [2.75, 3.05) is 6.54 Å². The Morgan fingerprint density at radius 1 is 1.23 bits per heavy atom. The van der Waals surface area contributed by atoms with Gasteiger partial charge in [-0.3, -0.25) is 9.78 Å². The van der Waals surface area contributed by atoms with Crippen molar-refractivity contribution in [3.63, 3.8) is 0 Å². The van der Waals surface area contributed by atoms with Crippen molar-refractivity contribution in [2.45, 2.75) is 38.6 Å². The van der Waals surface area contributed by atoms with Crippen LogP contribution in [0.15, 0.2) is 51.7 Å². The predicted molar refractivity (Wildman–Crippen MR) is 100 cm³/mol. The number of carbonyl (C=O) groups excluding carboxylic acids is 1. The summed E-state index contributed by atoms with van der Waals surface area (Å²) in [6.45, 7) is 2.82. The first-order chi connectivity index (χ1) is 12.7. The fourth-order valence-corrected chi connectivity index (χ4v) is 3.89. The molecular weight excluding hydrogens is 328 g/mol.